The quantitative estimate of drug-likeness (QED) is 0.842. The molecule has 0 N–H and O–H groups in total. The number of nitrogens with zero attached hydrogens (tertiary/aromatic N) is 2. The van der Waals surface area contributed by atoms with Gasteiger partial charge in [0.15, 0.2) is 5.76 Å². The van der Waals surface area contributed by atoms with Crippen LogP contribution in [-0.4, -0.2) is 28.5 Å². The molecule has 1 fully saturated rings. The molecule has 0 saturated carbocycles. The Kier molecular flexibility index (Phi) is 3.38. The highest BCUT2D eigenvalue weighted by Gasteiger charge is 2.26. The lowest BCUT2D eigenvalue weighted by Gasteiger charge is -2.33. The van der Waals surface area contributed by atoms with Crippen molar-refractivity contribution in [2.75, 3.05) is 13.1 Å². The van der Waals surface area contributed by atoms with E-state index in [-0.39, 0.29) is 5.91 Å². The molecule has 1 saturated heterocycles. The van der Waals surface area contributed by atoms with Crippen molar-refractivity contribution >= 4 is 5.91 Å². The molecule has 4 nitrogen and oxygen atoms in total. The smallest absolute Gasteiger partial charge is 0.289 e. The third kappa shape index (κ3) is 2.26. The maximum Gasteiger partial charge on any atom is 0.289 e. The lowest BCUT2D eigenvalue weighted by Crippen LogP contribution is -2.39. The Labute approximate surface area is 119 Å². The summed E-state index contributed by atoms with van der Waals surface area (Å²) >= 11 is 0. The summed E-state index contributed by atoms with van der Waals surface area (Å²) in [4.78, 5) is 14.1. The minimum Gasteiger partial charge on any atom is -0.459 e. The van der Waals surface area contributed by atoms with E-state index in [1.807, 2.05) is 4.90 Å². The van der Waals surface area contributed by atoms with Gasteiger partial charge in [0.1, 0.15) is 0 Å². The van der Waals surface area contributed by atoms with Gasteiger partial charge in [-0.15, -0.1) is 0 Å². The Balaban J connectivity index is 1.67. The number of likely N-dealkylation sites (tertiary alicyclic amines) is 1. The van der Waals surface area contributed by atoms with E-state index in [0.29, 0.717) is 11.8 Å². The van der Waals surface area contributed by atoms with E-state index in [1.54, 1.807) is 18.4 Å². The van der Waals surface area contributed by atoms with Crippen molar-refractivity contribution in [1.82, 2.24) is 9.47 Å². The van der Waals surface area contributed by atoms with Crippen LogP contribution in [0.25, 0.3) is 0 Å². The van der Waals surface area contributed by atoms with Gasteiger partial charge >= 0.3 is 0 Å². The summed E-state index contributed by atoms with van der Waals surface area (Å²) in [5.74, 6) is 0.450. The molecule has 0 atom stereocenters. The van der Waals surface area contributed by atoms with Crippen LogP contribution in [0.15, 0.2) is 34.9 Å². The third-order valence-corrected chi connectivity index (χ3v) is 4.17. The summed E-state index contributed by atoms with van der Waals surface area (Å²) in [5, 5.41) is 0. The predicted octanol–water partition coefficient (Wildman–Crippen LogP) is 3.18. The third-order valence-electron chi connectivity index (χ3n) is 4.17. The molecule has 1 aliphatic heterocycles. The van der Waals surface area contributed by atoms with E-state index >= 15 is 0 Å². The Morgan fingerprint density at radius 1 is 1.15 bits per heavy atom. The highest BCUT2D eigenvalue weighted by atomic mass is 16.3. The second-order valence-electron chi connectivity index (χ2n) is 5.49. The summed E-state index contributed by atoms with van der Waals surface area (Å²) < 4.78 is 7.59. The Bertz CT molecular complexity index is 571. The molecule has 106 valence electrons. The molecular weight excluding hydrogens is 252 g/mol. The van der Waals surface area contributed by atoms with Crippen LogP contribution in [0.3, 0.4) is 0 Å². The monoisotopic (exact) mass is 272 g/mol. The molecule has 0 unspecified atom stereocenters. The fraction of sp³-hybridized carbons (Fsp3) is 0.438. The zero-order valence-electron chi connectivity index (χ0n) is 12.0. The van der Waals surface area contributed by atoms with E-state index < -0.39 is 0 Å². The van der Waals surface area contributed by atoms with Crippen molar-refractivity contribution in [3.8, 4) is 0 Å². The summed E-state index contributed by atoms with van der Waals surface area (Å²) in [6.07, 6.45) is 3.55. The topological polar surface area (TPSA) is 38.4 Å². The van der Waals surface area contributed by atoms with Gasteiger partial charge in [-0.2, -0.15) is 0 Å². The van der Waals surface area contributed by atoms with Gasteiger partial charge in [-0.05, 0) is 51.0 Å². The van der Waals surface area contributed by atoms with Crippen molar-refractivity contribution < 1.29 is 9.21 Å². The van der Waals surface area contributed by atoms with Crippen LogP contribution in [-0.2, 0) is 0 Å². The summed E-state index contributed by atoms with van der Waals surface area (Å²) in [6, 6.07) is 8.32. The van der Waals surface area contributed by atoms with Gasteiger partial charge in [0.25, 0.3) is 5.91 Å². The van der Waals surface area contributed by atoms with Gasteiger partial charge in [-0.1, -0.05) is 0 Å². The Morgan fingerprint density at radius 3 is 2.35 bits per heavy atom. The van der Waals surface area contributed by atoms with Crippen LogP contribution in [0, 0.1) is 13.8 Å². The maximum atomic E-state index is 12.2. The first-order chi connectivity index (χ1) is 9.66. The molecule has 2 aromatic heterocycles. The second kappa shape index (κ2) is 5.19. The number of aryl methyl sites for hydroxylation is 2. The van der Waals surface area contributed by atoms with E-state index in [9.17, 15) is 4.79 Å². The Hall–Kier alpha value is -1.97. The molecule has 0 aliphatic carbocycles. The van der Waals surface area contributed by atoms with Gasteiger partial charge in [0.05, 0.1) is 6.26 Å². The number of piperidine rings is 1. The van der Waals surface area contributed by atoms with Crippen LogP contribution in [0.4, 0.5) is 0 Å². The van der Waals surface area contributed by atoms with Gasteiger partial charge < -0.3 is 13.9 Å². The highest BCUT2D eigenvalue weighted by molar-refractivity contribution is 5.91. The van der Waals surface area contributed by atoms with Crippen molar-refractivity contribution in [2.45, 2.75) is 32.7 Å². The predicted molar refractivity (Wildman–Crippen MR) is 76.8 cm³/mol. The van der Waals surface area contributed by atoms with E-state index in [4.69, 9.17) is 4.42 Å². The van der Waals surface area contributed by atoms with Gasteiger partial charge in [0.2, 0.25) is 0 Å². The largest absolute Gasteiger partial charge is 0.459 e. The molecule has 0 aromatic carbocycles. The SMILES string of the molecule is Cc1ccc(C)n1C1CCN(C(=O)c2ccco2)CC1. The number of furan rings is 1. The molecule has 3 heterocycles. The average Bonchev–Trinajstić information content (AvgIpc) is 3.09. The standard InChI is InChI=1S/C16H20N2O2/c1-12-5-6-13(2)18(12)14-7-9-17(10-8-14)16(19)15-4-3-11-20-15/h3-6,11,14H,7-10H2,1-2H3. The number of carbonyl (C=O) groups excluding carboxylic acids is 1. The molecule has 1 aliphatic rings. The zero-order valence-corrected chi connectivity index (χ0v) is 12.0. The molecular formula is C16H20N2O2. The average molecular weight is 272 g/mol. The van der Waals surface area contributed by atoms with Crippen LogP contribution in [0.5, 0.6) is 0 Å². The van der Waals surface area contributed by atoms with Crippen LogP contribution in [0.2, 0.25) is 0 Å². The number of rotatable bonds is 2. The molecule has 1 amide bonds. The first-order valence-corrected chi connectivity index (χ1v) is 7.14. The first kappa shape index (κ1) is 13.0. The van der Waals surface area contributed by atoms with Crippen LogP contribution < -0.4 is 0 Å². The first-order valence-electron chi connectivity index (χ1n) is 7.14. The second-order valence-corrected chi connectivity index (χ2v) is 5.49. The maximum absolute atomic E-state index is 12.2. The molecule has 0 bridgehead atoms. The minimum atomic E-state index is 0.00870. The highest BCUT2D eigenvalue weighted by Crippen LogP contribution is 2.27. The summed E-state index contributed by atoms with van der Waals surface area (Å²) in [6.45, 7) is 5.88. The van der Waals surface area contributed by atoms with E-state index in [1.165, 1.54) is 11.4 Å². The van der Waals surface area contributed by atoms with E-state index in [0.717, 1.165) is 25.9 Å². The van der Waals surface area contributed by atoms with Crippen molar-refractivity contribution in [2.24, 2.45) is 0 Å². The van der Waals surface area contributed by atoms with Crippen molar-refractivity contribution in [3.63, 3.8) is 0 Å². The van der Waals surface area contributed by atoms with Crippen molar-refractivity contribution in [3.05, 3.63) is 47.7 Å². The zero-order chi connectivity index (χ0) is 14.1. The minimum absolute atomic E-state index is 0.00870. The Morgan fingerprint density at radius 2 is 1.80 bits per heavy atom. The number of carbonyl (C=O) groups is 1. The van der Waals surface area contributed by atoms with Crippen LogP contribution >= 0.6 is 0 Å². The molecule has 2 aromatic rings. The number of aromatic nitrogens is 1. The molecule has 4 heteroatoms. The summed E-state index contributed by atoms with van der Waals surface area (Å²) in [7, 11) is 0. The lowest BCUT2D eigenvalue weighted by molar-refractivity contribution is 0.0661. The van der Waals surface area contributed by atoms with Gasteiger partial charge in [-0.3, -0.25) is 4.79 Å². The van der Waals surface area contributed by atoms with E-state index in [2.05, 4.69) is 30.5 Å². The van der Waals surface area contributed by atoms with Crippen LogP contribution in [0.1, 0.15) is 40.8 Å². The van der Waals surface area contributed by atoms with Gasteiger partial charge in [0, 0.05) is 30.5 Å². The molecule has 0 radical (unpaired) electrons. The fourth-order valence-corrected chi connectivity index (χ4v) is 3.14. The number of hydrogen-bond donors (Lipinski definition) is 0. The van der Waals surface area contributed by atoms with Crippen molar-refractivity contribution in [1.29, 1.82) is 0 Å². The molecule has 20 heavy (non-hydrogen) atoms. The molecule has 3 rings (SSSR count). The van der Waals surface area contributed by atoms with Gasteiger partial charge in [-0.25, -0.2) is 0 Å². The fourth-order valence-electron chi connectivity index (χ4n) is 3.14. The molecule has 0 spiro atoms. The number of hydrogen-bond acceptors (Lipinski definition) is 2. The normalized spacial score (nSPS) is 16.6. The summed E-state index contributed by atoms with van der Waals surface area (Å²) in [5.41, 5.74) is 2.61. The number of amides is 1. The lowest BCUT2D eigenvalue weighted by atomic mass is 10.0.